The van der Waals surface area contributed by atoms with Gasteiger partial charge in [-0.15, -0.1) is 11.3 Å². The number of carbonyl (C=O) groups excluding carboxylic acids is 1. The highest BCUT2D eigenvalue weighted by molar-refractivity contribution is 7.13. The Morgan fingerprint density at radius 2 is 2.03 bits per heavy atom. The maximum absolute atomic E-state index is 12.9. The zero-order chi connectivity index (χ0) is 21.3. The lowest BCUT2D eigenvalue weighted by Gasteiger charge is -2.36. The molecule has 1 amide bonds. The van der Waals surface area contributed by atoms with Gasteiger partial charge in [-0.1, -0.05) is 0 Å². The lowest BCUT2D eigenvalue weighted by molar-refractivity contribution is -0.122. The molecule has 3 N–H and O–H groups in total. The maximum Gasteiger partial charge on any atom is 0.290 e. The first-order chi connectivity index (χ1) is 14.5. The summed E-state index contributed by atoms with van der Waals surface area (Å²) in [6.07, 6.45) is 4.56. The number of fused-ring (bicyclic) bond motifs is 3. The number of nitrogens with one attached hydrogen (secondary N) is 2. The molecule has 2 aromatic heterocycles. The van der Waals surface area contributed by atoms with Crippen molar-refractivity contribution >= 4 is 34.6 Å². The highest BCUT2D eigenvalue weighted by Gasteiger charge is 2.39. The van der Waals surface area contributed by atoms with Crippen molar-refractivity contribution in [3.63, 3.8) is 0 Å². The fourth-order valence-corrected chi connectivity index (χ4v) is 5.38. The van der Waals surface area contributed by atoms with E-state index in [9.17, 15) is 4.79 Å². The molecule has 30 heavy (non-hydrogen) atoms. The second-order valence-electron chi connectivity index (χ2n) is 7.92. The maximum atomic E-state index is 12.9. The lowest BCUT2D eigenvalue weighted by atomic mass is 9.98. The van der Waals surface area contributed by atoms with E-state index < -0.39 is 0 Å². The molecule has 0 saturated carbocycles. The van der Waals surface area contributed by atoms with Crippen LogP contribution in [0, 0.1) is 6.92 Å². The molecule has 9 heteroatoms. The number of aryl methyl sites for hydroxylation is 1. The van der Waals surface area contributed by atoms with Gasteiger partial charge < -0.3 is 15.3 Å². The van der Waals surface area contributed by atoms with Gasteiger partial charge in [0.05, 0.1) is 5.52 Å². The molecule has 2 aliphatic rings. The second kappa shape index (κ2) is 8.53. The second-order valence-corrected chi connectivity index (χ2v) is 8.78. The van der Waals surface area contributed by atoms with Crippen LogP contribution >= 0.6 is 11.3 Å². The minimum atomic E-state index is -0.250. The summed E-state index contributed by atoms with van der Waals surface area (Å²) >= 11 is 1.62. The predicted octanol–water partition coefficient (Wildman–Crippen LogP) is 3.05. The minimum Gasteiger partial charge on any atom is -0.483 e. The Hall–Kier alpha value is -2.78. The molecule has 0 spiro atoms. The molecule has 8 nitrogen and oxygen atoms in total. The first-order valence-electron chi connectivity index (χ1n) is 10.0. The van der Waals surface area contributed by atoms with Crippen LogP contribution in [0.4, 0.5) is 0 Å². The predicted molar refractivity (Wildman–Crippen MR) is 116 cm³/mol. The van der Waals surface area contributed by atoms with E-state index in [0.29, 0.717) is 17.8 Å². The Morgan fingerprint density at radius 1 is 1.33 bits per heavy atom. The SMILES string of the molecule is Cc1csc(-c2ccc3[nH]nc(C(=O)NC4CC5CCC(C4)N5C)c3c2)n1.O=CO. The molecule has 158 valence electrons. The van der Waals surface area contributed by atoms with E-state index in [1.54, 1.807) is 11.3 Å². The molecule has 4 heterocycles. The van der Waals surface area contributed by atoms with Crippen molar-refractivity contribution in [1.82, 2.24) is 25.4 Å². The summed E-state index contributed by atoms with van der Waals surface area (Å²) in [5.74, 6) is -0.0809. The van der Waals surface area contributed by atoms with E-state index in [2.05, 4.69) is 32.4 Å². The summed E-state index contributed by atoms with van der Waals surface area (Å²) < 4.78 is 0. The van der Waals surface area contributed by atoms with Gasteiger partial charge in [-0.05, 0) is 57.9 Å². The molecule has 0 radical (unpaired) electrons. The number of piperidine rings is 1. The Balaban J connectivity index is 0.000000687. The van der Waals surface area contributed by atoms with Crippen LogP contribution < -0.4 is 5.32 Å². The van der Waals surface area contributed by atoms with Crippen molar-refractivity contribution in [1.29, 1.82) is 0 Å². The van der Waals surface area contributed by atoms with Crippen molar-refractivity contribution in [3.8, 4) is 10.6 Å². The van der Waals surface area contributed by atoms with Crippen LogP contribution in [0.5, 0.6) is 0 Å². The molecule has 3 aromatic rings. The number of H-pyrrole nitrogens is 1. The van der Waals surface area contributed by atoms with E-state index in [-0.39, 0.29) is 18.4 Å². The average molecular weight is 428 g/mol. The number of aromatic nitrogens is 3. The Bertz CT molecular complexity index is 1050. The summed E-state index contributed by atoms with van der Waals surface area (Å²) in [6, 6.07) is 7.46. The minimum absolute atomic E-state index is 0.0809. The molecular formula is C21H25N5O3S. The van der Waals surface area contributed by atoms with Gasteiger partial charge in [-0.2, -0.15) is 5.10 Å². The average Bonchev–Trinajstić information content (AvgIpc) is 3.38. The largest absolute Gasteiger partial charge is 0.483 e. The van der Waals surface area contributed by atoms with E-state index in [4.69, 9.17) is 9.90 Å². The van der Waals surface area contributed by atoms with Crippen LogP contribution in [-0.4, -0.2) is 62.7 Å². The van der Waals surface area contributed by atoms with Crippen molar-refractivity contribution in [2.75, 3.05) is 7.05 Å². The van der Waals surface area contributed by atoms with Gasteiger partial charge in [0.25, 0.3) is 12.4 Å². The van der Waals surface area contributed by atoms with E-state index in [1.807, 2.05) is 30.5 Å². The number of aromatic amines is 1. The molecule has 0 aliphatic carbocycles. The number of hydrogen-bond acceptors (Lipinski definition) is 6. The third-order valence-corrected chi connectivity index (χ3v) is 7.09. The van der Waals surface area contributed by atoms with Crippen LogP contribution in [0.3, 0.4) is 0 Å². The highest BCUT2D eigenvalue weighted by Crippen LogP contribution is 2.34. The van der Waals surface area contributed by atoms with E-state index in [0.717, 1.165) is 40.0 Å². The van der Waals surface area contributed by atoms with Crippen LogP contribution in [0.15, 0.2) is 23.6 Å². The number of carbonyl (C=O) groups is 2. The van der Waals surface area contributed by atoms with Crippen LogP contribution in [-0.2, 0) is 4.79 Å². The third kappa shape index (κ3) is 3.95. The Kier molecular flexibility index (Phi) is 5.83. The highest BCUT2D eigenvalue weighted by atomic mass is 32.1. The van der Waals surface area contributed by atoms with Gasteiger partial charge in [0, 0.05) is 40.1 Å². The topological polar surface area (TPSA) is 111 Å². The first-order valence-corrected chi connectivity index (χ1v) is 10.9. The van der Waals surface area contributed by atoms with Gasteiger partial charge in [0.2, 0.25) is 0 Å². The number of rotatable bonds is 3. The van der Waals surface area contributed by atoms with Crippen molar-refractivity contribution < 1.29 is 14.7 Å². The van der Waals surface area contributed by atoms with Crippen molar-refractivity contribution in [3.05, 3.63) is 35.0 Å². The fraction of sp³-hybridized carbons (Fsp3) is 0.429. The van der Waals surface area contributed by atoms with Gasteiger partial charge >= 0.3 is 0 Å². The van der Waals surface area contributed by atoms with Gasteiger partial charge in [0.15, 0.2) is 5.69 Å². The number of benzene rings is 1. The Labute approximate surface area is 178 Å². The molecule has 2 aliphatic heterocycles. The van der Waals surface area contributed by atoms with Crippen molar-refractivity contribution in [2.24, 2.45) is 0 Å². The summed E-state index contributed by atoms with van der Waals surface area (Å²) in [4.78, 5) is 28.3. The Morgan fingerprint density at radius 3 is 2.67 bits per heavy atom. The van der Waals surface area contributed by atoms with Crippen LogP contribution in [0.1, 0.15) is 41.9 Å². The molecule has 2 saturated heterocycles. The van der Waals surface area contributed by atoms with Crippen LogP contribution in [0.25, 0.3) is 21.5 Å². The molecule has 1 aromatic carbocycles. The molecule has 2 fully saturated rings. The molecule has 2 atom stereocenters. The molecule has 2 bridgehead atoms. The van der Waals surface area contributed by atoms with Gasteiger partial charge in [-0.25, -0.2) is 4.98 Å². The summed E-state index contributed by atoms with van der Waals surface area (Å²) in [5, 5.41) is 21.3. The molecule has 2 unspecified atom stereocenters. The zero-order valence-electron chi connectivity index (χ0n) is 17.0. The van der Waals surface area contributed by atoms with E-state index >= 15 is 0 Å². The third-order valence-electron chi connectivity index (χ3n) is 6.08. The number of thiazole rings is 1. The summed E-state index contributed by atoms with van der Waals surface area (Å²) in [5.41, 5.74) is 3.39. The molecule has 5 rings (SSSR count). The number of hydrogen-bond donors (Lipinski definition) is 3. The van der Waals surface area contributed by atoms with Gasteiger partial charge in [0.1, 0.15) is 5.01 Å². The van der Waals surface area contributed by atoms with E-state index in [1.165, 1.54) is 12.8 Å². The molecular weight excluding hydrogens is 402 g/mol. The van der Waals surface area contributed by atoms with Crippen LogP contribution in [0.2, 0.25) is 0 Å². The van der Waals surface area contributed by atoms with Gasteiger partial charge in [-0.3, -0.25) is 14.7 Å². The zero-order valence-corrected chi connectivity index (χ0v) is 17.8. The fourth-order valence-electron chi connectivity index (χ4n) is 4.59. The number of nitrogens with zero attached hydrogens (tertiary/aromatic N) is 3. The standard InChI is InChI=1S/C20H23N5OS.CH2O2/c1-11-10-27-20(21-11)12-3-6-17-16(7-12)18(24-23-17)19(26)22-13-8-14-4-5-15(9-13)25(14)2;2-1-3/h3,6-7,10,13-15H,4-5,8-9H2,1-2H3,(H,22,26)(H,23,24);1H,(H,2,3). The monoisotopic (exact) mass is 427 g/mol. The quantitative estimate of drug-likeness (QED) is 0.554. The first kappa shape index (κ1) is 20.5. The number of amides is 1. The normalized spacial score (nSPS) is 23.1. The summed E-state index contributed by atoms with van der Waals surface area (Å²) in [6.45, 7) is 1.74. The summed E-state index contributed by atoms with van der Waals surface area (Å²) in [7, 11) is 2.21. The lowest BCUT2D eigenvalue weighted by Crippen LogP contribution is -2.48. The smallest absolute Gasteiger partial charge is 0.290 e. The van der Waals surface area contributed by atoms with Crippen molar-refractivity contribution in [2.45, 2.75) is 50.7 Å². The number of carboxylic acid groups (broad SMARTS) is 1.